The molecule has 0 bridgehead atoms. The van der Waals surface area contributed by atoms with Gasteiger partial charge >= 0.3 is 24.3 Å². The van der Waals surface area contributed by atoms with Gasteiger partial charge in [0.1, 0.15) is 46.0 Å². The summed E-state index contributed by atoms with van der Waals surface area (Å²) in [4.78, 5) is 82.2. The Bertz CT molecular complexity index is 7330. The summed E-state index contributed by atoms with van der Waals surface area (Å²) in [5, 5.41) is 53.2. The Balaban J connectivity index is 0.000000138. The summed E-state index contributed by atoms with van der Waals surface area (Å²) in [6.45, 7) is 0. The minimum Gasteiger partial charge on any atom is -0.507 e. The van der Waals surface area contributed by atoms with Crippen molar-refractivity contribution in [3.63, 3.8) is 0 Å². The number of alkyl halides is 6. The highest BCUT2D eigenvalue weighted by atomic mass is 35.5. The molecule has 0 saturated heterocycles. The second kappa shape index (κ2) is 40.9. The van der Waals surface area contributed by atoms with Crippen LogP contribution in [0, 0.1) is 11.3 Å². The van der Waals surface area contributed by atoms with E-state index in [0.29, 0.717) is 102 Å². The van der Waals surface area contributed by atoms with E-state index in [0.717, 1.165) is 57.1 Å². The number of pyridine rings is 1. The van der Waals surface area contributed by atoms with Crippen molar-refractivity contribution in [1.29, 1.82) is 5.26 Å². The van der Waals surface area contributed by atoms with Crippen LogP contribution >= 0.6 is 23.2 Å². The molecule has 0 atom stereocenters. The summed E-state index contributed by atoms with van der Waals surface area (Å²) in [6, 6.07) is 80.8. The molecule has 0 fully saturated rings. The zero-order valence-corrected chi connectivity index (χ0v) is 73.6. The summed E-state index contributed by atoms with van der Waals surface area (Å²) in [5.74, 6) is 3.18. The van der Waals surface area contributed by atoms with E-state index in [2.05, 4.69) is 54.8 Å². The highest BCUT2D eigenvalue weighted by Crippen LogP contribution is 2.45. The van der Waals surface area contributed by atoms with E-state index in [9.17, 15) is 56.4 Å². The number of carbonyl (C=O) groups excluding carboxylic acids is 2. The molecule has 0 unspecified atom stereocenters. The van der Waals surface area contributed by atoms with Crippen LogP contribution in [-0.2, 0) is 21.8 Å². The number of hydrogen-bond donors (Lipinski definition) is 4. The van der Waals surface area contributed by atoms with E-state index in [1.165, 1.54) is 79.1 Å². The molecule has 13 aromatic carbocycles. The SMILES string of the molecule is COC(=O)c1ccc(-c2nc(-c3ccc4ccccc4c3)nc(-c3ccc(OC)cc3O)n2)cc1.COC(=O)c1ccc(-c2nc(-c3ccc4ncccc4c3)nc(-c3ccc(OC)cc3O)n2)cc1.COc1ccc(-c2nc(-c3ccccc3)nc(-c3cc(Cl)c(C(F)(F)F)c(Cl)c3)n2)c(O)c1.COc1ccc(-c2nc(-c3ccccc3)nc(-c3ccc(C#N)cc3C(F)(F)F)n2)c(O)c1. The van der Waals surface area contributed by atoms with Gasteiger partial charge in [-0.1, -0.05) is 151 Å². The molecule has 0 amide bonds. The van der Waals surface area contributed by atoms with E-state index < -0.39 is 45.5 Å². The molecule has 0 aliphatic heterocycles. The predicted octanol–water partition coefficient (Wildman–Crippen LogP) is 22.8. The van der Waals surface area contributed by atoms with Crippen LogP contribution in [0.4, 0.5) is 26.3 Å². The number of nitrogens with zero attached hydrogens (tertiary/aromatic N) is 14. The molecule has 5 aromatic heterocycles. The number of hydrogen-bond acceptors (Lipinski definition) is 26. The number of methoxy groups -OCH3 is 6. The first-order valence-electron chi connectivity index (χ1n) is 40.6. The smallest absolute Gasteiger partial charge is 0.419 e. The summed E-state index contributed by atoms with van der Waals surface area (Å²) < 4.78 is 111. The third-order valence-electron chi connectivity index (χ3n) is 20.7. The molecular formula is C102H70Cl2F6N14O12. The maximum atomic E-state index is 13.8. The molecule has 0 aliphatic rings. The van der Waals surface area contributed by atoms with Crippen molar-refractivity contribution in [2.24, 2.45) is 0 Å². The topological polar surface area (TPSA) is 362 Å². The van der Waals surface area contributed by atoms with Gasteiger partial charge in [0.2, 0.25) is 0 Å². The molecule has 4 N–H and O–H groups in total. The second-order valence-electron chi connectivity index (χ2n) is 29.3. The second-order valence-corrected chi connectivity index (χ2v) is 30.1. The summed E-state index contributed by atoms with van der Waals surface area (Å²) in [6.07, 6.45) is -7.73. The minimum absolute atomic E-state index is 0.00741. The Morgan fingerprint density at radius 3 is 0.993 bits per heavy atom. The van der Waals surface area contributed by atoms with E-state index in [-0.39, 0.29) is 85.8 Å². The number of rotatable bonds is 18. The van der Waals surface area contributed by atoms with Gasteiger partial charge in [0.05, 0.1) is 114 Å². The molecule has 136 heavy (non-hydrogen) atoms. The molecule has 26 nitrogen and oxygen atoms in total. The maximum absolute atomic E-state index is 13.8. The van der Waals surface area contributed by atoms with Gasteiger partial charge in [-0.15, -0.1) is 0 Å². The molecule has 5 heterocycles. The molecule has 0 aliphatic carbocycles. The molecule has 34 heteroatoms. The highest BCUT2D eigenvalue weighted by Gasteiger charge is 2.38. The van der Waals surface area contributed by atoms with Gasteiger partial charge in [0, 0.05) is 80.4 Å². The number of aromatic hydroxyl groups is 4. The van der Waals surface area contributed by atoms with Gasteiger partial charge in [0.15, 0.2) is 69.9 Å². The predicted molar refractivity (Wildman–Crippen MR) is 498 cm³/mol. The lowest BCUT2D eigenvalue weighted by atomic mass is 10.0. The fraction of sp³-hybridized carbons (Fsp3) is 0.0784. The largest absolute Gasteiger partial charge is 0.507 e. The van der Waals surface area contributed by atoms with Crippen LogP contribution in [-0.4, -0.2) is 140 Å². The number of esters is 2. The molecular weight excluding hydrogens is 1800 g/mol. The number of ether oxygens (including phenoxy) is 6. The van der Waals surface area contributed by atoms with E-state index in [4.69, 9.17) is 66.9 Å². The van der Waals surface area contributed by atoms with Gasteiger partial charge in [-0.3, -0.25) is 4.98 Å². The number of aromatic nitrogens is 13. The first-order valence-corrected chi connectivity index (χ1v) is 41.4. The zero-order valence-electron chi connectivity index (χ0n) is 72.1. The minimum atomic E-state index is -4.75. The molecule has 0 radical (unpaired) electrons. The first-order chi connectivity index (χ1) is 65.6. The maximum Gasteiger partial charge on any atom is 0.419 e. The van der Waals surface area contributed by atoms with Gasteiger partial charge in [-0.2, -0.15) is 31.6 Å². The van der Waals surface area contributed by atoms with Gasteiger partial charge in [0.25, 0.3) is 0 Å². The number of fused-ring (bicyclic) bond motifs is 2. The third kappa shape index (κ3) is 21.4. The van der Waals surface area contributed by atoms with Crippen molar-refractivity contribution in [1.82, 2.24) is 64.8 Å². The lowest BCUT2D eigenvalue weighted by Gasteiger charge is -2.14. The highest BCUT2D eigenvalue weighted by molar-refractivity contribution is 6.36. The molecule has 0 spiro atoms. The molecule has 676 valence electrons. The number of carbonyl (C=O) groups is 2. The number of phenolic OH excluding ortho intramolecular Hbond substituents is 4. The number of phenols is 4. The van der Waals surface area contributed by atoms with Crippen molar-refractivity contribution in [3.8, 4) is 189 Å². The standard InChI is InChI=1S/C28H21N3O4.C27H20N4O4.C24H15F3N4O2.C23H14Cl2F3N3O2/c1-34-22-13-14-23(24(32)16-22)27-30-25(18-8-10-19(11-9-18)28(33)35-2)29-26(31-27)21-12-7-17-5-3-4-6-20(17)15-21;1-34-20-10-11-21(23(32)15-20)26-30-24(16-5-7-17(8-6-16)27(33)35-2)29-25(31-26)19-9-12-22-18(14-19)4-3-13-28-22;1-33-16-8-10-18(20(32)12-16)23-30-21(15-5-3-2-4-6-15)29-22(31-23)17-9-7-14(13-28)11-19(17)24(25,26)27;1-33-14-7-8-15(18(32)11-14)22-30-20(12-5-3-2-4-6-12)29-21(31-22)13-9-16(24)19(17(25)10-13)23(26,27)28/h3-16,32H,1-2H3;3-15,32H,1-2H3;2-12,32H,1H3;2-11,32H,1H3. The molecule has 0 saturated carbocycles. The average molecular weight is 1870 g/mol. The number of benzene rings is 13. The van der Waals surface area contributed by atoms with Crippen molar-refractivity contribution in [3.05, 3.63) is 329 Å². The lowest BCUT2D eigenvalue weighted by molar-refractivity contribution is -0.138. The quantitative estimate of drug-likeness (QED) is 0.0458. The van der Waals surface area contributed by atoms with Crippen LogP contribution in [0.2, 0.25) is 10.0 Å². The average Bonchev–Trinajstić information content (AvgIpc) is 0.897. The first kappa shape index (κ1) is 93.2. The van der Waals surface area contributed by atoms with Crippen LogP contribution in [0.25, 0.3) is 158 Å². The fourth-order valence-corrected chi connectivity index (χ4v) is 14.5. The van der Waals surface area contributed by atoms with Crippen LogP contribution in [0.1, 0.15) is 37.4 Å². The van der Waals surface area contributed by atoms with Crippen LogP contribution in [0.3, 0.4) is 0 Å². The van der Waals surface area contributed by atoms with Crippen LogP contribution in [0.5, 0.6) is 46.0 Å². The van der Waals surface area contributed by atoms with E-state index in [1.54, 1.807) is 158 Å². The van der Waals surface area contributed by atoms with E-state index in [1.807, 2.05) is 78.9 Å². The van der Waals surface area contributed by atoms with Gasteiger partial charge in [-0.25, -0.2) is 69.4 Å². The Kier molecular flexibility index (Phi) is 28.1. The Morgan fingerprint density at radius 2 is 0.625 bits per heavy atom. The Morgan fingerprint density at radius 1 is 0.309 bits per heavy atom. The van der Waals surface area contributed by atoms with E-state index >= 15 is 0 Å². The third-order valence-corrected chi connectivity index (χ3v) is 21.3. The van der Waals surface area contributed by atoms with Gasteiger partial charge in [-0.05, 0) is 144 Å². The Labute approximate surface area is 780 Å². The van der Waals surface area contributed by atoms with Gasteiger partial charge < -0.3 is 48.8 Å². The molecule has 18 aromatic rings. The van der Waals surface area contributed by atoms with Crippen LogP contribution < -0.4 is 18.9 Å². The summed E-state index contributed by atoms with van der Waals surface area (Å²) in [7, 11) is 8.63. The summed E-state index contributed by atoms with van der Waals surface area (Å²) >= 11 is 11.8. The summed E-state index contributed by atoms with van der Waals surface area (Å²) in [5.41, 5.74) is 4.72. The van der Waals surface area contributed by atoms with Crippen molar-refractivity contribution >= 4 is 56.8 Å². The van der Waals surface area contributed by atoms with Crippen molar-refractivity contribution < 1.29 is 84.8 Å². The van der Waals surface area contributed by atoms with Crippen LogP contribution in [0.15, 0.2) is 291 Å². The number of nitriles is 1. The zero-order chi connectivity index (χ0) is 96.1. The normalized spacial score (nSPS) is 11.0. The van der Waals surface area contributed by atoms with Crippen molar-refractivity contribution in [2.45, 2.75) is 12.4 Å². The molecule has 18 rings (SSSR count). The monoisotopic (exact) mass is 1870 g/mol. The van der Waals surface area contributed by atoms with Crippen molar-refractivity contribution in [2.75, 3.05) is 42.7 Å². The number of halogens is 8. The fourth-order valence-electron chi connectivity index (χ4n) is 13.8. The lowest BCUT2D eigenvalue weighted by Crippen LogP contribution is -2.10. The Hall–Kier alpha value is -17.4.